The number of aliphatic imine (C=N–C) groups is 1. The molecule has 3 rings (SSSR count). The van der Waals surface area contributed by atoms with E-state index in [4.69, 9.17) is 19.2 Å². The van der Waals surface area contributed by atoms with Crippen molar-refractivity contribution in [3.05, 3.63) is 53.6 Å². The number of aliphatic hydroxyl groups excluding tert-OH is 1. The van der Waals surface area contributed by atoms with E-state index in [2.05, 4.69) is 35.8 Å². The zero-order valence-electron chi connectivity index (χ0n) is 19.6. The summed E-state index contributed by atoms with van der Waals surface area (Å²) >= 11 is 0. The molecule has 1 aliphatic rings. The van der Waals surface area contributed by atoms with Crippen LogP contribution in [-0.4, -0.2) is 87.0 Å². The summed E-state index contributed by atoms with van der Waals surface area (Å²) in [6, 6.07) is 13.7. The first-order valence-electron chi connectivity index (χ1n) is 11.1. The van der Waals surface area contributed by atoms with E-state index >= 15 is 0 Å². The number of hydrogen-bond acceptors (Lipinski definition) is 7. The summed E-state index contributed by atoms with van der Waals surface area (Å²) < 4.78 is 16.6. The van der Waals surface area contributed by atoms with Gasteiger partial charge < -0.3 is 19.3 Å². The molecule has 1 unspecified atom stereocenters. The van der Waals surface area contributed by atoms with Gasteiger partial charge in [-0.1, -0.05) is 30.3 Å². The molecule has 1 fully saturated rings. The number of hydrogen-bond donors (Lipinski definition) is 1. The van der Waals surface area contributed by atoms with E-state index in [1.165, 1.54) is 0 Å². The predicted octanol–water partition coefficient (Wildman–Crippen LogP) is 3.05. The molecular formula is C25H35N3O4. The second-order valence-corrected chi connectivity index (χ2v) is 8.14. The van der Waals surface area contributed by atoms with Crippen molar-refractivity contribution in [2.45, 2.75) is 20.0 Å². The minimum Gasteiger partial charge on any atom is -0.493 e. The van der Waals surface area contributed by atoms with Crippen LogP contribution >= 0.6 is 0 Å². The molecule has 7 nitrogen and oxygen atoms in total. The number of piperazine rings is 1. The van der Waals surface area contributed by atoms with Crippen molar-refractivity contribution in [2.75, 3.05) is 60.1 Å². The van der Waals surface area contributed by atoms with Gasteiger partial charge in [-0.3, -0.25) is 9.80 Å². The maximum Gasteiger partial charge on any atom is 0.202 e. The molecule has 174 valence electrons. The minimum absolute atomic E-state index is 0.233. The molecule has 7 heteroatoms. The first-order chi connectivity index (χ1) is 15.5. The van der Waals surface area contributed by atoms with Crippen molar-refractivity contribution >= 4 is 11.6 Å². The van der Waals surface area contributed by atoms with Crippen LogP contribution in [0.1, 0.15) is 11.1 Å². The summed E-state index contributed by atoms with van der Waals surface area (Å²) in [5.74, 6) is 2.04. The van der Waals surface area contributed by atoms with E-state index in [-0.39, 0.29) is 6.61 Å². The molecule has 1 N–H and O–H groups in total. The quantitative estimate of drug-likeness (QED) is 0.477. The molecule has 32 heavy (non-hydrogen) atoms. The van der Waals surface area contributed by atoms with E-state index in [9.17, 15) is 5.11 Å². The van der Waals surface area contributed by atoms with E-state index < -0.39 is 6.10 Å². The van der Waals surface area contributed by atoms with Crippen molar-refractivity contribution < 1.29 is 19.3 Å². The molecule has 0 amide bonds. The smallest absolute Gasteiger partial charge is 0.202 e. The predicted molar refractivity (Wildman–Crippen MR) is 127 cm³/mol. The van der Waals surface area contributed by atoms with E-state index in [1.54, 1.807) is 14.2 Å². The summed E-state index contributed by atoms with van der Waals surface area (Å²) in [5.41, 5.74) is 3.28. The Morgan fingerprint density at radius 2 is 1.56 bits per heavy atom. The van der Waals surface area contributed by atoms with Crippen LogP contribution in [0.4, 0.5) is 5.69 Å². The van der Waals surface area contributed by atoms with Crippen LogP contribution in [0.15, 0.2) is 47.5 Å². The highest BCUT2D eigenvalue weighted by molar-refractivity contribution is 5.82. The zero-order valence-corrected chi connectivity index (χ0v) is 19.6. The Kier molecular flexibility index (Phi) is 8.90. The lowest BCUT2D eigenvalue weighted by molar-refractivity contribution is 0.0474. The number of methoxy groups -OCH3 is 2. The molecular weight excluding hydrogens is 406 g/mol. The number of rotatable bonds is 9. The maximum atomic E-state index is 10.4. The molecule has 0 aromatic heterocycles. The SMILES string of the molecule is CO/C(CN1CCN(CC(O)COc2ccccc2OC)CC1)=N\c1c(C)cccc1C. The van der Waals surface area contributed by atoms with Gasteiger partial charge in [0.15, 0.2) is 11.5 Å². The van der Waals surface area contributed by atoms with Crippen LogP contribution in [0.2, 0.25) is 0 Å². The summed E-state index contributed by atoms with van der Waals surface area (Å²) in [6.45, 7) is 9.19. The molecule has 1 aliphatic heterocycles. The zero-order chi connectivity index (χ0) is 22.9. The Bertz CT molecular complexity index is 874. The van der Waals surface area contributed by atoms with Crippen molar-refractivity contribution in [2.24, 2.45) is 4.99 Å². The van der Waals surface area contributed by atoms with Gasteiger partial charge in [0.2, 0.25) is 5.90 Å². The molecule has 0 spiro atoms. The average molecular weight is 442 g/mol. The first-order valence-corrected chi connectivity index (χ1v) is 11.1. The third-order valence-corrected chi connectivity index (χ3v) is 5.70. The lowest BCUT2D eigenvalue weighted by atomic mass is 10.1. The van der Waals surface area contributed by atoms with Gasteiger partial charge >= 0.3 is 0 Å². The summed E-state index contributed by atoms with van der Waals surface area (Å²) in [6.07, 6.45) is -0.563. The monoisotopic (exact) mass is 441 g/mol. The lowest BCUT2D eigenvalue weighted by Gasteiger charge is -2.35. The van der Waals surface area contributed by atoms with Crippen LogP contribution < -0.4 is 9.47 Å². The molecule has 1 atom stereocenters. The molecule has 0 radical (unpaired) electrons. The third-order valence-electron chi connectivity index (χ3n) is 5.70. The fourth-order valence-corrected chi connectivity index (χ4v) is 3.85. The Labute approximate surface area is 191 Å². The van der Waals surface area contributed by atoms with Gasteiger partial charge in [-0.05, 0) is 37.1 Å². The van der Waals surface area contributed by atoms with Gasteiger partial charge in [-0.15, -0.1) is 0 Å². The second kappa shape index (κ2) is 11.9. The number of para-hydroxylation sites is 3. The van der Waals surface area contributed by atoms with Crippen molar-refractivity contribution in [3.63, 3.8) is 0 Å². The number of ether oxygens (including phenoxy) is 3. The van der Waals surface area contributed by atoms with Crippen molar-refractivity contribution in [3.8, 4) is 11.5 Å². The molecule has 0 saturated carbocycles. The van der Waals surface area contributed by atoms with Crippen molar-refractivity contribution in [1.82, 2.24) is 9.80 Å². The molecule has 0 aliphatic carbocycles. The lowest BCUT2D eigenvalue weighted by Crippen LogP contribution is -2.50. The maximum absolute atomic E-state index is 10.4. The second-order valence-electron chi connectivity index (χ2n) is 8.14. The normalized spacial score (nSPS) is 16.6. The van der Waals surface area contributed by atoms with Crippen molar-refractivity contribution in [1.29, 1.82) is 0 Å². The highest BCUT2D eigenvalue weighted by Crippen LogP contribution is 2.26. The molecule has 2 aromatic carbocycles. The van der Waals surface area contributed by atoms with Gasteiger partial charge in [-0.2, -0.15) is 0 Å². The van der Waals surface area contributed by atoms with Crippen LogP contribution in [0, 0.1) is 13.8 Å². The van der Waals surface area contributed by atoms with E-state index in [1.807, 2.05) is 30.3 Å². The number of aryl methyl sites for hydroxylation is 2. The molecule has 1 saturated heterocycles. The Morgan fingerprint density at radius 3 is 2.19 bits per heavy atom. The fourth-order valence-electron chi connectivity index (χ4n) is 3.85. The Morgan fingerprint density at radius 1 is 0.938 bits per heavy atom. The van der Waals surface area contributed by atoms with E-state index in [0.29, 0.717) is 24.6 Å². The third kappa shape index (κ3) is 6.69. The van der Waals surface area contributed by atoms with Crippen LogP contribution in [0.3, 0.4) is 0 Å². The van der Waals surface area contributed by atoms with Gasteiger partial charge in [0.25, 0.3) is 0 Å². The minimum atomic E-state index is -0.563. The van der Waals surface area contributed by atoms with Crippen LogP contribution in [0.5, 0.6) is 11.5 Å². The largest absolute Gasteiger partial charge is 0.493 e. The van der Waals surface area contributed by atoms with Crippen LogP contribution in [-0.2, 0) is 4.74 Å². The summed E-state index contributed by atoms with van der Waals surface area (Å²) in [5, 5.41) is 10.4. The van der Waals surface area contributed by atoms with Gasteiger partial charge in [0.05, 0.1) is 26.5 Å². The summed E-state index contributed by atoms with van der Waals surface area (Å²) in [7, 11) is 3.29. The van der Waals surface area contributed by atoms with E-state index in [0.717, 1.165) is 48.9 Å². The number of β-amino-alcohol motifs (C(OH)–C–C–N with tert-alkyl or cyclic N) is 1. The highest BCUT2D eigenvalue weighted by Gasteiger charge is 2.21. The van der Waals surface area contributed by atoms with Crippen LogP contribution in [0.25, 0.3) is 0 Å². The topological polar surface area (TPSA) is 66.8 Å². The van der Waals surface area contributed by atoms with Gasteiger partial charge in [-0.25, -0.2) is 4.99 Å². The number of benzene rings is 2. The Hall–Kier alpha value is -2.61. The average Bonchev–Trinajstić information content (AvgIpc) is 2.80. The highest BCUT2D eigenvalue weighted by atomic mass is 16.5. The molecule has 2 aromatic rings. The Balaban J connectivity index is 1.45. The summed E-state index contributed by atoms with van der Waals surface area (Å²) in [4.78, 5) is 9.38. The molecule has 0 bridgehead atoms. The number of aliphatic hydroxyl groups is 1. The molecule has 1 heterocycles. The number of nitrogens with zero attached hydrogens (tertiary/aromatic N) is 3. The van der Waals surface area contributed by atoms with Gasteiger partial charge in [0.1, 0.15) is 12.7 Å². The fraction of sp³-hybridized carbons (Fsp3) is 0.480. The van der Waals surface area contributed by atoms with Gasteiger partial charge in [0, 0.05) is 32.7 Å². The standard InChI is InChI=1S/C25H35N3O4/c1-19-8-7-9-20(2)25(19)26-24(31-4)17-28-14-12-27(13-15-28)16-21(29)18-32-23-11-6-5-10-22(23)30-3/h5-11,21,29H,12-18H2,1-4H3/b26-24-. The first kappa shape index (κ1) is 24.0.